The molecule has 1 amide bonds. The molecule has 0 aromatic carbocycles. The summed E-state index contributed by atoms with van der Waals surface area (Å²) in [4.78, 5) is 11.5. The van der Waals surface area contributed by atoms with Crippen molar-refractivity contribution in [3.05, 3.63) is 18.0 Å². The van der Waals surface area contributed by atoms with Gasteiger partial charge in [-0.3, -0.25) is 4.79 Å². The van der Waals surface area contributed by atoms with E-state index in [4.69, 9.17) is 9.26 Å². The van der Waals surface area contributed by atoms with E-state index in [2.05, 4.69) is 24.3 Å². The Balaban J connectivity index is 2.00. The number of rotatable bonds is 11. The molecule has 1 atom stereocenters. The molecule has 0 aliphatic rings. The monoisotopic (exact) mass is 282 g/mol. The molecular formula is C15H26N2O3. The molecule has 1 aromatic heterocycles. The highest BCUT2D eigenvalue weighted by Crippen LogP contribution is 2.12. The summed E-state index contributed by atoms with van der Waals surface area (Å²) in [6.45, 7) is 6.52. The van der Waals surface area contributed by atoms with E-state index < -0.39 is 0 Å². The summed E-state index contributed by atoms with van der Waals surface area (Å²) < 4.78 is 10.4. The van der Waals surface area contributed by atoms with Crippen LogP contribution >= 0.6 is 0 Å². The van der Waals surface area contributed by atoms with Gasteiger partial charge < -0.3 is 14.6 Å². The van der Waals surface area contributed by atoms with Crippen LogP contribution in [0.25, 0.3) is 0 Å². The number of carbonyl (C=O) groups excluding carboxylic acids is 1. The molecule has 1 aromatic rings. The zero-order chi connectivity index (χ0) is 14.6. The molecule has 0 spiro atoms. The van der Waals surface area contributed by atoms with Crippen LogP contribution in [0.1, 0.15) is 56.5 Å². The van der Waals surface area contributed by atoms with E-state index >= 15 is 0 Å². The molecule has 0 saturated heterocycles. The van der Waals surface area contributed by atoms with Crippen LogP contribution in [0.15, 0.2) is 16.8 Å². The summed E-state index contributed by atoms with van der Waals surface area (Å²) >= 11 is 0. The third kappa shape index (κ3) is 6.70. The molecule has 114 valence electrons. The maximum atomic E-state index is 11.5. The molecule has 0 bridgehead atoms. The Hall–Kier alpha value is -1.36. The first-order valence-electron chi connectivity index (χ1n) is 7.54. The van der Waals surface area contributed by atoms with Gasteiger partial charge in [0.15, 0.2) is 0 Å². The van der Waals surface area contributed by atoms with Gasteiger partial charge in [-0.2, -0.15) is 0 Å². The minimum atomic E-state index is -0.225. The predicted octanol–water partition coefficient (Wildman–Crippen LogP) is 3.03. The van der Waals surface area contributed by atoms with Crippen molar-refractivity contribution >= 4 is 5.91 Å². The highest BCUT2D eigenvalue weighted by molar-refractivity contribution is 5.91. The zero-order valence-corrected chi connectivity index (χ0v) is 12.6. The fourth-order valence-corrected chi connectivity index (χ4v) is 1.94. The molecule has 1 rings (SSSR count). The molecule has 1 unspecified atom stereocenters. The van der Waals surface area contributed by atoms with E-state index in [-0.39, 0.29) is 11.7 Å². The van der Waals surface area contributed by atoms with Gasteiger partial charge in [-0.05, 0) is 18.8 Å². The Morgan fingerprint density at radius 1 is 1.45 bits per heavy atom. The smallest absolute Gasteiger partial charge is 0.289 e. The number of unbranched alkanes of at least 4 members (excludes halogenated alkanes) is 1. The van der Waals surface area contributed by atoms with Crippen molar-refractivity contribution in [3.63, 3.8) is 0 Å². The van der Waals surface area contributed by atoms with Crippen LogP contribution in [-0.4, -0.2) is 30.8 Å². The number of nitrogens with one attached hydrogen (secondary N) is 1. The zero-order valence-electron chi connectivity index (χ0n) is 12.6. The van der Waals surface area contributed by atoms with Gasteiger partial charge in [0.2, 0.25) is 5.76 Å². The molecular weight excluding hydrogens is 256 g/mol. The Morgan fingerprint density at radius 2 is 2.30 bits per heavy atom. The topological polar surface area (TPSA) is 64.4 Å². The van der Waals surface area contributed by atoms with Gasteiger partial charge in [0.1, 0.15) is 0 Å². The van der Waals surface area contributed by atoms with Crippen molar-refractivity contribution in [2.75, 3.05) is 19.8 Å². The van der Waals surface area contributed by atoms with Gasteiger partial charge in [-0.15, -0.1) is 0 Å². The van der Waals surface area contributed by atoms with Crippen molar-refractivity contribution in [1.82, 2.24) is 10.5 Å². The first-order chi connectivity index (χ1) is 9.77. The lowest BCUT2D eigenvalue weighted by molar-refractivity contribution is 0.0857. The van der Waals surface area contributed by atoms with Crippen molar-refractivity contribution in [2.24, 2.45) is 5.92 Å². The lowest BCUT2D eigenvalue weighted by Gasteiger charge is -2.14. The summed E-state index contributed by atoms with van der Waals surface area (Å²) in [5.41, 5.74) is 0. The normalized spacial score (nSPS) is 12.3. The van der Waals surface area contributed by atoms with Crippen LogP contribution in [0.4, 0.5) is 0 Å². The van der Waals surface area contributed by atoms with Crippen LogP contribution in [0.5, 0.6) is 0 Å². The molecule has 1 heterocycles. The number of hydrogen-bond acceptors (Lipinski definition) is 4. The fourth-order valence-electron chi connectivity index (χ4n) is 1.94. The largest absolute Gasteiger partial charge is 0.381 e. The highest BCUT2D eigenvalue weighted by Gasteiger charge is 2.08. The lowest BCUT2D eigenvalue weighted by atomic mass is 10.0. The SMILES string of the molecule is CCCCC(CC)COCCCNC(=O)c1ccno1. The van der Waals surface area contributed by atoms with E-state index in [9.17, 15) is 4.79 Å². The van der Waals surface area contributed by atoms with E-state index in [1.165, 1.54) is 31.9 Å². The van der Waals surface area contributed by atoms with Crippen LogP contribution in [0.3, 0.4) is 0 Å². The molecule has 0 fully saturated rings. The van der Waals surface area contributed by atoms with Crippen molar-refractivity contribution in [3.8, 4) is 0 Å². The van der Waals surface area contributed by atoms with Crippen molar-refractivity contribution in [1.29, 1.82) is 0 Å². The number of hydrogen-bond donors (Lipinski definition) is 1. The second-order valence-electron chi connectivity index (χ2n) is 4.98. The fraction of sp³-hybridized carbons (Fsp3) is 0.733. The third-order valence-electron chi connectivity index (χ3n) is 3.31. The van der Waals surface area contributed by atoms with E-state index in [1.54, 1.807) is 6.07 Å². The summed E-state index contributed by atoms with van der Waals surface area (Å²) in [5, 5.41) is 6.26. The molecule has 0 radical (unpaired) electrons. The van der Waals surface area contributed by atoms with Gasteiger partial charge in [0.05, 0.1) is 6.20 Å². The lowest BCUT2D eigenvalue weighted by Crippen LogP contribution is -2.25. The first kappa shape index (κ1) is 16.7. The van der Waals surface area contributed by atoms with Gasteiger partial charge in [0, 0.05) is 25.8 Å². The van der Waals surface area contributed by atoms with Gasteiger partial charge >= 0.3 is 0 Å². The number of nitrogens with zero attached hydrogens (tertiary/aromatic N) is 1. The second-order valence-corrected chi connectivity index (χ2v) is 4.98. The maximum absolute atomic E-state index is 11.5. The average Bonchev–Trinajstić information content (AvgIpc) is 2.99. The van der Waals surface area contributed by atoms with E-state index in [0.29, 0.717) is 19.1 Å². The number of ether oxygens (including phenoxy) is 1. The summed E-state index contributed by atoms with van der Waals surface area (Å²) in [5.74, 6) is 0.687. The Labute approximate surface area is 121 Å². The first-order valence-corrected chi connectivity index (χ1v) is 7.54. The van der Waals surface area contributed by atoms with Crippen molar-refractivity contribution in [2.45, 2.75) is 46.0 Å². The maximum Gasteiger partial charge on any atom is 0.289 e. The highest BCUT2D eigenvalue weighted by atomic mass is 16.5. The van der Waals surface area contributed by atoms with Crippen LogP contribution < -0.4 is 5.32 Å². The van der Waals surface area contributed by atoms with Gasteiger partial charge in [0.25, 0.3) is 5.91 Å². The molecule has 0 aliphatic carbocycles. The molecule has 0 saturated carbocycles. The predicted molar refractivity (Wildman–Crippen MR) is 77.6 cm³/mol. The molecule has 5 nitrogen and oxygen atoms in total. The summed E-state index contributed by atoms with van der Waals surface area (Å²) in [6, 6.07) is 1.55. The number of carbonyl (C=O) groups is 1. The Bertz CT molecular complexity index is 352. The molecule has 1 N–H and O–H groups in total. The van der Waals surface area contributed by atoms with Crippen LogP contribution in [0.2, 0.25) is 0 Å². The quantitative estimate of drug-likeness (QED) is 0.634. The molecule has 20 heavy (non-hydrogen) atoms. The van der Waals surface area contributed by atoms with E-state index in [0.717, 1.165) is 13.0 Å². The van der Waals surface area contributed by atoms with Crippen LogP contribution in [-0.2, 0) is 4.74 Å². The average molecular weight is 282 g/mol. The van der Waals surface area contributed by atoms with E-state index in [1.807, 2.05) is 0 Å². The summed E-state index contributed by atoms with van der Waals surface area (Å²) in [7, 11) is 0. The summed E-state index contributed by atoms with van der Waals surface area (Å²) in [6.07, 6.45) is 7.19. The molecule has 0 aliphatic heterocycles. The van der Waals surface area contributed by atoms with Gasteiger partial charge in [-0.25, -0.2) is 0 Å². The molecule has 5 heteroatoms. The van der Waals surface area contributed by atoms with Gasteiger partial charge in [-0.1, -0.05) is 38.3 Å². The van der Waals surface area contributed by atoms with Crippen molar-refractivity contribution < 1.29 is 14.1 Å². The number of aromatic nitrogens is 1. The van der Waals surface area contributed by atoms with Crippen LogP contribution in [0, 0.1) is 5.92 Å². The Kier molecular flexibility index (Phi) is 8.71. The minimum absolute atomic E-state index is 0.225. The third-order valence-corrected chi connectivity index (χ3v) is 3.31. The Morgan fingerprint density at radius 3 is 2.95 bits per heavy atom. The second kappa shape index (κ2) is 10.4. The minimum Gasteiger partial charge on any atom is -0.381 e. The number of amides is 1. The standard InChI is InChI=1S/C15H26N2O3/c1-3-5-7-13(4-2)12-19-11-6-9-16-15(18)14-8-10-17-20-14/h8,10,13H,3-7,9,11-12H2,1-2H3,(H,16,18).